The molecule has 1 aliphatic carbocycles. The van der Waals surface area contributed by atoms with Crippen molar-refractivity contribution in [2.75, 3.05) is 0 Å². The quantitative estimate of drug-likeness (QED) is 0.868. The minimum absolute atomic E-state index is 0.353. The third-order valence-corrected chi connectivity index (χ3v) is 3.53. The molecule has 0 saturated heterocycles. The molecule has 0 heterocycles. The number of benzene rings is 2. The zero-order valence-corrected chi connectivity index (χ0v) is 10.0. The largest absolute Gasteiger partial charge is 0.327 e. The molecule has 1 aliphatic rings. The van der Waals surface area contributed by atoms with Crippen LogP contribution in [0.4, 0.5) is 0 Å². The predicted octanol–water partition coefficient (Wildman–Crippen LogP) is 3.04. The first kappa shape index (κ1) is 11.0. The van der Waals surface area contributed by atoms with Gasteiger partial charge in [0, 0.05) is 12.0 Å². The van der Waals surface area contributed by atoms with E-state index in [0.717, 1.165) is 12.0 Å². The number of nitrogens with zero attached hydrogens (tertiary/aromatic N) is 1. The molecule has 2 atom stereocenters. The second-order valence-corrected chi connectivity index (χ2v) is 4.82. The lowest BCUT2D eigenvalue weighted by Crippen LogP contribution is -2.00. The van der Waals surface area contributed by atoms with E-state index < -0.39 is 0 Å². The fraction of sp³-hybridized carbons (Fsp3) is 0.188. The highest BCUT2D eigenvalue weighted by molar-refractivity contribution is 5.64. The maximum Gasteiger partial charge on any atom is 0.0991 e. The van der Waals surface area contributed by atoms with Crippen molar-refractivity contribution >= 4 is 0 Å². The maximum atomic E-state index is 8.77. The van der Waals surface area contributed by atoms with Gasteiger partial charge in [0.25, 0.3) is 0 Å². The lowest BCUT2D eigenvalue weighted by molar-refractivity contribution is 0.991. The van der Waals surface area contributed by atoms with Crippen molar-refractivity contribution in [1.29, 1.82) is 5.26 Å². The van der Waals surface area contributed by atoms with Crippen molar-refractivity contribution in [3.63, 3.8) is 0 Å². The second-order valence-electron chi connectivity index (χ2n) is 4.82. The first-order chi connectivity index (χ1) is 8.78. The van der Waals surface area contributed by atoms with Crippen LogP contribution in [0.1, 0.15) is 23.5 Å². The monoisotopic (exact) mass is 234 g/mol. The molecule has 2 nitrogen and oxygen atoms in total. The van der Waals surface area contributed by atoms with Crippen LogP contribution in [0.3, 0.4) is 0 Å². The van der Waals surface area contributed by atoms with Crippen LogP contribution in [-0.4, -0.2) is 6.04 Å². The normalized spacial score (nSPS) is 21.3. The number of hydrogen-bond acceptors (Lipinski definition) is 2. The van der Waals surface area contributed by atoms with Gasteiger partial charge < -0.3 is 5.73 Å². The molecular weight excluding hydrogens is 220 g/mol. The Balaban J connectivity index is 1.85. The van der Waals surface area contributed by atoms with Gasteiger partial charge in [-0.15, -0.1) is 0 Å². The highest BCUT2D eigenvalue weighted by Crippen LogP contribution is 2.39. The van der Waals surface area contributed by atoms with E-state index in [2.05, 4.69) is 30.3 Å². The molecule has 3 rings (SSSR count). The summed E-state index contributed by atoms with van der Waals surface area (Å²) in [6.07, 6.45) is 1.11. The van der Waals surface area contributed by atoms with Crippen molar-refractivity contribution in [3.05, 3.63) is 59.7 Å². The van der Waals surface area contributed by atoms with E-state index in [4.69, 9.17) is 11.0 Å². The van der Waals surface area contributed by atoms with E-state index in [1.54, 1.807) is 0 Å². The molecule has 18 heavy (non-hydrogen) atoms. The third kappa shape index (κ3) is 2.01. The average Bonchev–Trinajstić information content (AvgIpc) is 3.16. The summed E-state index contributed by atoms with van der Waals surface area (Å²) in [5, 5.41) is 8.77. The number of nitriles is 1. The molecule has 2 unspecified atom stereocenters. The van der Waals surface area contributed by atoms with E-state index in [1.165, 1.54) is 11.1 Å². The van der Waals surface area contributed by atoms with Gasteiger partial charge in [-0.2, -0.15) is 5.26 Å². The standard InChI is InChI=1S/C16H14N2/c17-10-11-1-3-12(4-2-11)13-5-7-14(8-6-13)15-9-16(15)18/h1-8,15-16H,9,18H2. The van der Waals surface area contributed by atoms with E-state index in [0.29, 0.717) is 17.5 Å². The van der Waals surface area contributed by atoms with E-state index in [1.807, 2.05) is 24.3 Å². The van der Waals surface area contributed by atoms with Gasteiger partial charge in [-0.3, -0.25) is 0 Å². The van der Waals surface area contributed by atoms with Crippen LogP contribution in [0.25, 0.3) is 11.1 Å². The van der Waals surface area contributed by atoms with Crippen LogP contribution >= 0.6 is 0 Å². The summed E-state index contributed by atoms with van der Waals surface area (Å²) in [4.78, 5) is 0. The summed E-state index contributed by atoms with van der Waals surface area (Å²) >= 11 is 0. The fourth-order valence-electron chi connectivity index (χ4n) is 2.26. The fourth-order valence-corrected chi connectivity index (χ4v) is 2.26. The van der Waals surface area contributed by atoms with Gasteiger partial charge in [0.05, 0.1) is 11.6 Å². The smallest absolute Gasteiger partial charge is 0.0991 e. The van der Waals surface area contributed by atoms with E-state index >= 15 is 0 Å². The van der Waals surface area contributed by atoms with Crippen LogP contribution < -0.4 is 5.73 Å². The Morgan fingerprint density at radius 3 is 1.89 bits per heavy atom. The molecule has 1 saturated carbocycles. The minimum Gasteiger partial charge on any atom is -0.327 e. The van der Waals surface area contributed by atoms with Gasteiger partial charge in [0.2, 0.25) is 0 Å². The van der Waals surface area contributed by atoms with Crippen LogP contribution in [0, 0.1) is 11.3 Å². The summed E-state index contributed by atoms with van der Waals surface area (Å²) in [6.45, 7) is 0. The molecule has 0 spiro atoms. The molecule has 2 heteroatoms. The minimum atomic E-state index is 0.353. The van der Waals surface area contributed by atoms with Gasteiger partial charge in [0.1, 0.15) is 0 Å². The average molecular weight is 234 g/mol. The molecule has 0 radical (unpaired) electrons. The molecule has 2 aromatic carbocycles. The first-order valence-electron chi connectivity index (χ1n) is 6.14. The zero-order chi connectivity index (χ0) is 12.5. The first-order valence-corrected chi connectivity index (χ1v) is 6.14. The molecule has 0 bridgehead atoms. The number of hydrogen-bond donors (Lipinski definition) is 1. The summed E-state index contributed by atoms with van der Waals surface area (Å²) < 4.78 is 0. The molecule has 2 N–H and O–H groups in total. The molecule has 0 aliphatic heterocycles. The predicted molar refractivity (Wildman–Crippen MR) is 71.9 cm³/mol. The SMILES string of the molecule is N#Cc1ccc(-c2ccc(C3CC3N)cc2)cc1. The van der Waals surface area contributed by atoms with E-state index in [9.17, 15) is 0 Å². The summed E-state index contributed by atoms with van der Waals surface area (Å²) in [5.74, 6) is 0.556. The highest BCUT2D eigenvalue weighted by atomic mass is 14.7. The van der Waals surface area contributed by atoms with Crippen molar-refractivity contribution in [3.8, 4) is 17.2 Å². The molecule has 1 fully saturated rings. The molecular formula is C16H14N2. The Morgan fingerprint density at radius 1 is 0.944 bits per heavy atom. The lowest BCUT2D eigenvalue weighted by atomic mass is 10.0. The molecule has 0 aromatic heterocycles. The Morgan fingerprint density at radius 2 is 1.44 bits per heavy atom. The maximum absolute atomic E-state index is 8.77. The number of rotatable bonds is 2. The van der Waals surface area contributed by atoms with Gasteiger partial charge >= 0.3 is 0 Å². The Bertz CT molecular complexity index is 590. The summed E-state index contributed by atoms with van der Waals surface area (Å²) in [5.41, 5.74) is 10.2. The van der Waals surface area contributed by atoms with Crippen molar-refractivity contribution < 1.29 is 0 Å². The van der Waals surface area contributed by atoms with Gasteiger partial charge in [0.15, 0.2) is 0 Å². The highest BCUT2D eigenvalue weighted by Gasteiger charge is 2.34. The lowest BCUT2D eigenvalue weighted by Gasteiger charge is -2.04. The zero-order valence-electron chi connectivity index (χ0n) is 10.0. The van der Waals surface area contributed by atoms with Crippen LogP contribution in [-0.2, 0) is 0 Å². The van der Waals surface area contributed by atoms with Gasteiger partial charge in [-0.25, -0.2) is 0 Å². The second kappa shape index (κ2) is 4.29. The molecule has 0 amide bonds. The van der Waals surface area contributed by atoms with Gasteiger partial charge in [-0.1, -0.05) is 36.4 Å². The van der Waals surface area contributed by atoms with Crippen molar-refractivity contribution in [1.82, 2.24) is 0 Å². The van der Waals surface area contributed by atoms with Crippen LogP contribution in [0.15, 0.2) is 48.5 Å². The van der Waals surface area contributed by atoms with Crippen LogP contribution in [0.5, 0.6) is 0 Å². The van der Waals surface area contributed by atoms with Gasteiger partial charge in [-0.05, 0) is 35.2 Å². The Labute approximate surface area is 107 Å². The van der Waals surface area contributed by atoms with Crippen molar-refractivity contribution in [2.24, 2.45) is 5.73 Å². The molecule has 88 valence electrons. The molecule has 2 aromatic rings. The van der Waals surface area contributed by atoms with Crippen molar-refractivity contribution in [2.45, 2.75) is 18.4 Å². The number of nitrogens with two attached hydrogens (primary N) is 1. The summed E-state index contributed by atoms with van der Waals surface area (Å²) in [6, 6.07) is 18.7. The Hall–Kier alpha value is -2.11. The van der Waals surface area contributed by atoms with Crippen LogP contribution in [0.2, 0.25) is 0 Å². The topological polar surface area (TPSA) is 49.8 Å². The third-order valence-electron chi connectivity index (χ3n) is 3.53. The summed E-state index contributed by atoms with van der Waals surface area (Å²) in [7, 11) is 0. The Kier molecular flexibility index (Phi) is 2.62. The van der Waals surface area contributed by atoms with E-state index in [-0.39, 0.29) is 0 Å².